The zero-order valence-corrected chi connectivity index (χ0v) is 11.9. The van der Waals surface area contributed by atoms with Crippen molar-refractivity contribution in [2.45, 2.75) is 6.04 Å². The summed E-state index contributed by atoms with van der Waals surface area (Å²) in [5, 5.41) is 0.419. The molecule has 106 valence electrons. The van der Waals surface area contributed by atoms with Gasteiger partial charge in [0.1, 0.15) is 17.3 Å². The van der Waals surface area contributed by atoms with Gasteiger partial charge in [0.25, 0.3) is 0 Å². The van der Waals surface area contributed by atoms with Crippen LogP contribution < -0.4 is 15.2 Å². The molecule has 0 spiro atoms. The summed E-state index contributed by atoms with van der Waals surface area (Å²) in [6, 6.07) is 8.95. The van der Waals surface area contributed by atoms with E-state index in [4.69, 9.17) is 26.8 Å². The van der Waals surface area contributed by atoms with E-state index in [-0.39, 0.29) is 5.56 Å². The third-order valence-corrected chi connectivity index (χ3v) is 3.41. The molecule has 20 heavy (non-hydrogen) atoms. The SMILES string of the molecule is COc1ccc(C(N)c2c(F)cccc2OC)c(Cl)c1. The standard InChI is InChI=1S/C15H15ClFNO2/c1-19-9-6-7-10(11(16)8-9)15(18)14-12(17)4-3-5-13(14)20-2/h3-8,15H,18H2,1-2H3. The number of hydrogen-bond donors (Lipinski definition) is 1. The zero-order chi connectivity index (χ0) is 14.7. The van der Waals surface area contributed by atoms with Gasteiger partial charge in [0, 0.05) is 5.02 Å². The summed E-state index contributed by atoms with van der Waals surface area (Å²) < 4.78 is 24.3. The van der Waals surface area contributed by atoms with Crippen molar-refractivity contribution in [2.75, 3.05) is 14.2 Å². The Morgan fingerprint density at radius 1 is 1.15 bits per heavy atom. The predicted octanol–water partition coefficient (Wildman–Crippen LogP) is 3.54. The second-order valence-corrected chi connectivity index (χ2v) is 4.63. The quantitative estimate of drug-likeness (QED) is 0.938. The molecule has 2 rings (SSSR count). The van der Waals surface area contributed by atoms with Crippen molar-refractivity contribution in [3.8, 4) is 11.5 Å². The molecule has 0 aliphatic heterocycles. The minimum atomic E-state index is -0.718. The average Bonchev–Trinajstić information content (AvgIpc) is 2.46. The molecule has 0 radical (unpaired) electrons. The van der Waals surface area contributed by atoms with Crippen LogP contribution in [0.3, 0.4) is 0 Å². The second-order valence-electron chi connectivity index (χ2n) is 4.22. The summed E-state index contributed by atoms with van der Waals surface area (Å²) >= 11 is 6.18. The summed E-state index contributed by atoms with van der Waals surface area (Å²) in [4.78, 5) is 0. The molecule has 0 saturated heterocycles. The van der Waals surface area contributed by atoms with Crippen LogP contribution in [-0.4, -0.2) is 14.2 Å². The van der Waals surface area contributed by atoms with Gasteiger partial charge in [0.15, 0.2) is 0 Å². The number of benzene rings is 2. The molecule has 5 heteroatoms. The Balaban J connectivity index is 2.49. The minimum absolute atomic E-state index is 0.280. The fourth-order valence-corrected chi connectivity index (χ4v) is 2.33. The highest BCUT2D eigenvalue weighted by molar-refractivity contribution is 6.31. The van der Waals surface area contributed by atoms with Crippen molar-refractivity contribution in [1.82, 2.24) is 0 Å². The zero-order valence-electron chi connectivity index (χ0n) is 11.2. The largest absolute Gasteiger partial charge is 0.497 e. The van der Waals surface area contributed by atoms with E-state index in [0.29, 0.717) is 22.1 Å². The van der Waals surface area contributed by atoms with Crippen molar-refractivity contribution in [3.05, 3.63) is 58.4 Å². The number of hydrogen-bond acceptors (Lipinski definition) is 3. The van der Waals surface area contributed by atoms with Gasteiger partial charge in [-0.05, 0) is 29.8 Å². The highest BCUT2D eigenvalue weighted by atomic mass is 35.5. The summed E-state index contributed by atoms with van der Waals surface area (Å²) in [5.74, 6) is 0.583. The third kappa shape index (κ3) is 2.71. The molecule has 0 heterocycles. The number of ether oxygens (including phenoxy) is 2. The summed E-state index contributed by atoms with van der Waals surface area (Å²) in [7, 11) is 3.02. The molecule has 1 atom stereocenters. The molecule has 0 fully saturated rings. The summed E-state index contributed by atoms with van der Waals surface area (Å²) in [6.45, 7) is 0. The molecule has 0 bridgehead atoms. The Kier molecular flexibility index (Phi) is 4.47. The van der Waals surface area contributed by atoms with Gasteiger partial charge in [0.05, 0.1) is 25.8 Å². The predicted molar refractivity (Wildman–Crippen MR) is 77.0 cm³/mol. The van der Waals surface area contributed by atoms with Gasteiger partial charge in [-0.2, -0.15) is 0 Å². The minimum Gasteiger partial charge on any atom is -0.497 e. The first-order valence-corrected chi connectivity index (χ1v) is 6.37. The van der Waals surface area contributed by atoms with Crippen molar-refractivity contribution in [1.29, 1.82) is 0 Å². The van der Waals surface area contributed by atoms with Crippen LogP contribution >= 0.6 is 11.6 Å². The Bertz CT molecular complexity index is 619. The average molecular weight is 296 g/mol. The second kappa shape index (κ2) is 6.11. The highest BCUT2D eigenvalue weighted by Gasteiger charge is 2.20. The van der Waals surface area contributed by atoms with Crippen molar-refractivity contribution in [2.24, 2.45) is 5.73 Å². The van der Waals surface area contributed by atoms with E-state index in [1.807, 2.05) is 0 Å². The Morgan fingerprint density at radius 3 is 2.50 bits per heavy atom. The monoisotopic (exact) mass is 295 g/mol. The van der Waals surface area contributed by atoms with Crippen molar-refractivity contribution in [3.63, 3.8) is 0 Å². The van der Waals surface area contributed by atoms with Gasteiger partial charge in [-0.3, -0.25) is 0 Å². The number of methoxy groups -OCH3 is 2. The molecule has 2 aromatic carbocycles. The van der Waals surface area contributed by atoms with E-state index in [2.05, 4.69) is 0 Å². The summed E-state index contributed by atoms with van der Waals surface area (Å²) in [6.07, 6.45) is 0. The smallest absolute Gasteiger partial charge is 0.132 e. The van der Waals surface area contributed by atoms with Crippen LogP contribution in [0.5, 0.6) is 11.5 Å². The first-order valence-electron chi connectivity index (χ1n) is 6.00. The van der Waals surface area contributed by atoms with Gasteiger partial charge in [0.2, 0.25) is 0 Å². The maximum absolute atomic E-state index is 14.0. The Morgan fingerprint density at radius 2 is 1.90 bits per heavy atom. The van der Waals surface area contributed by atoms with Crippen molar-refractivity contribution >= 4 is 11.6 Å². The fraction of sp³-hybridized carbons (Fsp3) is 0.200. The molecular weight excluding hydrogens is 281 g/mol. The Labute approximate surface area is 122 Å². The van der Waals surface area contributed by atoms with Crippen LogP contribution in [0.2, 0.25) is 5.02 Å². The molecule has 0 saturated carbocycles. The van der Waals surface area contributed by atoms with Crippen LogP contribution in [0.15, 0.2) is 36.4 Å². The molecule has 2 aromatic rings. The van der Waals surface area contributed by atoms with Crippen LogP contribution in [-0.2, 0) is 0 Å². The Hall–Kier alpha value is -1.78. The van der Waals surface area contributed by atoms with Gasteiger partial charge >= 0.3 is 0 Å². The van der Waals surface area contributed by atoms with E-state index >= 15 is 0 Å². The van der Waals surface area contributed by atoms with Crippen LogP contribution in [0.25, 0.3) is 0 Å². The molecule has 0 aromatic heterocycles. The molecule has 0 aliphatic rings. The normalized spacial score (nSPS) is 12.1. The van der Waals surface area contributed by atoms with Gasteiger partial charge < -0.3 is 15.2 Å². The molecule has 0 amide bonds. The molecule has 2 N–H and O–H groups in total. The van der Waals surface area contributed by atoms with Crippen LogP contribution in [0.4, 0.5) is 4.39 Å². The maximum atomic E-state index is 14.0. The van der Waals surface area contributed by atoms with E-state index in [0.717, 1.165) is 0 Å². The number of halogens is 2. The molecule has 0 aliphatic carbocycles. The first kappa shape index (κ1) is 14.6. The summed E-state index contributed by atoms with van der Waals surface area (Å²) in [5.41, 5.74) is 7.03. The molecule has 1 unspecified atom stereocenters. The van der Waals surface area contributed by atoms with Crippen LogP contribution in [0, 0.1) is 5.82 Å². The molecule has 3 nitrogen and oxygen atoms in total. The van der Waals surface area contributed by atoms with Gasteiger partial charge in [-0.15, -0.1) is 0 Å². The van der Waals surface area contributed by atoms with E-state index in [1.165, 1.54) is 13.2 Å². The maximum Gasteiger partial charge on any atom is 0.132 e. The van der Waals surface area contributed by atoms with Crippen molar-refractivity contribution < 1.29 is 13.9 Å². The fourth-order valence-electron chi connectivity index (χ4n) is 2.04. The van der Waals surface area contributed by atoms with E-state index in [1.54, 1.807) is 37.4 Å². The number of nitrogens with two attached hydrogens (primary N) is 1. The lowest BCUT2D eigenvalue weighted by Gasteiger charge is -2.18. The van der Waals surface area contributed by atoms with Crippen LogP contribution in [0.1, 0.15) is 17.2 Å². The number of rotatable bonds is 4. The lowest BCUT2D eigenvalue weighted by atomic mass is 9.98. The molecular formula is C15H15ClFNO2. The lowest BCUT2D eigenvalue weighted by Crippen LogP contribution is -2.15. The third-order valence-electron chi connectivity index (χ3n) is 3.09. The first-order chi connectivity index (χ1) is 9.58. The van der Waals surface area contributed by atoms with Gasteiger partial charge in [-0.1, -0.05) is 23.7 Å². The lowest BCUT2D eigenvalue weighted by molar-refractivity contribution is 0.402. The highest BCUT2D eigenvalue weighted by Crippen LogP contribution is 2.35. The van der Waals surface area contributed by atoms with Gasteiger partial charge in [-0.25, -0.2) is 4.39 Å². The topological polar surface area (TPSA) is 44.5 Å². The van der Waals surface area contributed by atoms with E-state index in [9.17, 15) is 4.39 Å². The van der Waals surface area contributed by atoms with E-state index < -0.39 is 11.9 Å².